The maximum Gasteiger partial charge on any atom is 0.191 e. The predicted molar refractivity (Wildman–Crippen MR) is 122 cm³/mol. The molecule has 144 valence electrons. The first kappa shape index (κ1) is 22.9. The second kappa shape index (κ2) is 10.8. The van der Waals surface area contributed by atoms with Crippen molar-refractivity contribution in [1.29, 1.82) is 0 Å². The van der Waals surface area contributed by atoms with E-state index in [-0.39, 0.29) is 29.6 Å². The SMILES string of the molecule is CCNC(=NCc1sc(-c2ccccc2)nc1C)NCC(C)(C)OC.I. The Morgan fingerprint density at radius 3 is 2.54 bits per heavy atom. The maximum atomic E-state index is 5.45. The fourth-order valence-corrected chi connectivity index (χ4v) is 3.13. The first-order chi connectivity index (χ1) is 11.9. The number of guanidine groups is 1. The van der Waals surface area contributed by atoms with Gasteiger partial charge in [0.15, 0.2) is 5.96 Å². The van der Waals surface area contributed by atoms with E-state index in [1.165, 1.54) is 4.88 Å². The molecule has 1 heterocycles. The molecule has 0 spiro atoms. The molecule has 0 saturated heterocycles. The van der Waals surface area contributed by atoms with Gasteiger partial charge in [0, 0.05) is 30.6 Å². The van der Waals surface area contributed by atoms with Crippen LogP contribution in [0.5, 0.6) is 0 Å². The Kier molecular flexibility index (Phi) is 9.52. The van der Waals surface area contributed by atoms with Gasteiger partial charge in [-0.3, -0.25) is 0 Å². The van der Waals surface area contributed by atoms with Crippen LogP contribution in [0.2, 0.25) is 0 Å². The fourth-order valence-electron chi connectivity index (χ4n) is 2.14. The van der Waals surface area contributed by atoms with Crippen molar-refractivity contribution < 1.29 is 4.74 Å². The van der Waals surface area contributed by atoms with Gasteiger partial charge in [-0.05, 0) is 27.7 Å². The molecule has 0 unspecified atom stereocenters. The molecule has 2 rings (SSSR count). The standard InChI is InChI=1S/C19H28N4OS.HI/c1-6-20-18(22-13-19(3,4)24-5)21-12-16-14(2)23-17(25-16)15-10-8-7-9-11-15;/h7-11H,6,12-13H2,1-5H3,(H2,20,21,22);1H. The van der Waals surface area contributed by atoms with Gasteiger partial charge < -0.3 is 15.4 Å². The number of methoxy groups -OCH3 is 1. The molecule has 1 aromatic carbocycles. The van der Waals surface area contributed by atoms with Crippen molar-refractivity contribution in [3.8, 4) is 10.6 Å². The summed E-state index contributed by atoms with van der Waals surface area (Å²) in [6.07, 6.45) is 0. The lowest BCUT2D eigenvalue weighted by Crippen LogP contribution is -2.45. The summed E-state index contributed by atoms with van der Waals surface area (Å²) in [5.74, 6) is 0.793. The quantitative estimate of drug-likeness (QED) is 0.348. The number of hydrogen-bond donors (Lipinski definition) is 2. The third kappa shape index (κ3) is 6.85. The molecule has 0 saturated carbocycles. The molecule has 0 amide bonds. The second-order valence-electron chi connectivity index (χ2n) is 6.41. The van der Waals surface area contributed by atoms with E-state index >= 15 is 0 Å². The number of halogens is 1. The van der Waals surface area contributed by atoms with E-state index in [0.29, 0.717) is 13.1 Å². The lowest BCUT2D eigenvalue weighted by molar-refractivity contribution is 0.0268. The molecule has 0 atom stereocenters. The van der Waals surface area contributed by atoms with Crippen molar-refractivity contribution in [3.05, 3.63) is 40.9 Å². The Bertz CT molecular complexity index is 701. The van der Waals surface area contributed by atoms with Gasteiger partial charge in [-0.25, -0.2) is 9.98 Å². The first-order valence-corrected chi connectivity index (χ1v) is 9.36. The summed E-state index contributed by atoms with van der Waals surface area (Å²) in [7, 11) is 1.72. The minimum absolute atomic E-state index is 0. The van der Waals surface area contributed by atoms with Gasteiger partial charge in [-0.2, -0.15) is 0 Å². The molecule has 0 radical (unpaired) electrons. The highest BCUT2D eigenvalue weighted by atomic mass is 127. The Hall–Kier alpha value is -1.19. The van der Waals surface area contributed by atoms with E-state index in [1.54, 1.807) is 18.4 Å². The molecule has 26 heavy (non-hydrogen) atoms. The molecule has 0 aliphatic rings. The number of rotatable bonds is 7. The highest BCUT2D eigenvalue weighted by Crippen LogP contribution is 2.28. The summed E-state index contributed by atoms with van der Waals surface area (Å²) in [6, 6.07) is 10.3. The summed E-state index contributed by atoms with van der Waals surface area (Å²) in [5, 5.41) is 7.66. The van der Waals surface area contributed by atoms with Crippen LogP contribution >= 0.6 is 35.3 Å². The molecule has 0 aliphatic carbocycles. The van der Waals surface area contributed by atoms with E-state index < -0.39 is 0 Å². The zero-order chi connectivity index (χ0) is 18.3. The fraction of sp³-hybridized carbons (Fsp3) is 0.474. The number of thiazole rings is 1. The second-order valence-corrected chi connectivity index (χ2v) is 7.49. The van der Waals surface area contributed by atoms with Crippen LogP contribution in [-0.2, 0) is 11.3 Å². The molecular formula is C19H29IN4OS. The van der Waals surface area contributed by atoms with Crippen molar-refractivity contribution in [2.75, 3.05) is 20.2 Å². The van der Waals surface area contributed by atoms with Crippen LogP contribution in [0.15, 0.2) is 35.3 Å². The summed E-state index contributed by atoms with van der Waals surface area (Å²) in [6.45, 7) is 10.3. The van der Waals surface area contributed by atoms with Crippen molar-refractivity contribution in [3.63, 3.8) is 0 Å². The highest BCUT2D eigenvalue weighted by molar-refractivity contribution is 14.0. The van der Waals surface area contributed by atoms with Crippen molar-refractivity contribution in [2.24, 2.45) is 4.99 Å². The summed E-state index contributed by atoms with van der Waals surface area (Å²) in [5.41, 5.74) is 1.95. The van der Waals surface area contributed by atoms with Crippen molar-refractivity contribution in [1.82, 2.24) is 15.6 Å². The Morgan fingerprint density at radius 2 is 1.92 bits per heavy atom. The number of nitrogens with zero attached hydrogens (tertiary/aromatic N) is 2. The Balaban J connectivity index is 0.00000338. The van der Waals surface area contributed by atoms with Crippen LogP contribution in [0, 0.1) is 6.92 Å². The highest BCUT2D eigenvalue weighted by Gasteiger charge is 2.16. The normalized spacial score (nSPS) is 11.8. The van der Waals surface area contributed by atoms with Gasteiger partial charge in [0.1, 0.15) is 5.01 Å². The molecule has 0 bridgehead atoms. The first-order valence-electron chi connectivity index (χ1n) is 8.54. The number of hydrogen-bond acceptors (Lipinski definition) is 4. The molecular weight excluding hydrogens is 459 g/mol. The minimum Gasteiger partial charge on any atom is -0.377 e. The van der Waals surface area contributed by atoms with E-state index in [2.05, 4.69) is 29.7 Å². The van der Waals surface area contributed by atoms with E-state index in [9.17, 15) is 0 Å². The third-order valence-corrected chi connectivity index (χ3v) is 5.06. The maximum absolute atomic E-state index is 5.45. The number of aromatic nitrogens is 1. The number of nitrogens with one attached hydrogen (secondary N) is 2. The van der Waals surface area contributed by atoms with Gasteiger partial charge in [0.2, 0.25) is 0 Å². The average Bonchev–Trinajstić information content (AvgIpc) is 2.99. The molecule has 2 aromatic rings. The van der Waals surface area contributed by atoms with Crippen LogP contribution in [0.4, 0.5) is 0 Å². The zero-order valence-electron chi connectivity index (χ0n) is 16.1. The van der Waals surface area contributed by atoms with Crippen LogP contribution in [0.3, 0.4) is 0 Å². The number of aliphatic imine (C=N–C) groups is 1. The van der Waals surface area contributed by atoms with Crippen LogP contribution in [0.25, 0.3) is 10.6 Å². The van der Waals surface area contributed by atoms with E-state index in [0.717, 1.165) is 28.8 Å². The summed E-state index contributed by atoms with van der Waals surface area (Å²) >= 11 is 1.70. The lowest BCUT2D eigenvalue weighted by Gasteiger charge is -2.24. The van der Waals surface area contributed by atoms with Crippen LogP contribution in [0.1, 0.15) is 31.3 Å². The largest absolute Gasteiger partial charge is 0.377 e. The zero-order valence-corrected chi connectivity index (χ0v) is 19.3. The monoisotopic (exact) mass is 488 g/mol. The van der Waals surface area contributed by atoms with E-state index in [4.69, 9.17) is 14.7 Å². The third-order valence-electron chi connectivity index (χ3n) is 3.87. The summed E-state index contributed by atoms with van der Waals surface area (Å²) < 4.78 is 5.45. The van der Waals surface area contributed by atoms with E-state index in [1.807, 2.05) is 39.0 Å². The molecule has 0 fully saturated rings. The Morgan fingerprint density at radius 1 is 1.23 bits per heavy atom. The van der Waals surface area contributed by atoms with Gasteiger partial charge in [-0.1, -0.05) is 30.3 Å². The van der Waals surface area contributed by atoms with Gasteiger partial charge in [0.25, 0.3) is 0 Å². The number of ether oxygens (including phenoxy) is 1. The molecule has 0 aliphatic heterocycles. The molecule has 1 aromatic heterocycles. The van der Waals surface area contributed by atoms with Crippen molar-refractivity contribution in [2.45, 2.75) is 39.8 Å². The smallest absolute Gasteiger partial charge is 0.191 e. The van der Waals surface area contributed by atoms with Gasteiger partial charge in [-0.15, -0.1) is 35.3 Å². The molecule has 7 heteroatoms. The van der Waals surface area contributed by atoms with Crippen molar-refractivity contribution >= 4 is 41.3 Å². The lowest BCUT2D eigenvalue weighted by atomic mass is 10.1. The average molecular weight is 488 g/mol. The van der Waals surface area contributed by atoms with Crippen LogP contribution in [-0.4, -0.2) is 36.7 Å². The molecule has 2 N–H and O–H groups in total. The predicted octanol–water partition coefficient (Wildman–Crippen LogP) is 4.22. The van der Waals surface area contributed by atoms with Gasteiger partial charge >= 0.3 is 0 Å². The molecule has 5 nitrogen and oxygen atoms in total. The summed E-state index contributed by atoms with van der Waals surface area (Å²) in [4.78, 5) is 10.6. The Labute approximate surface area is 177 Å². The number of benzene rings is 1. The van der Waals surface area contributed by atoms with Crippen LogP contribution < -0.4 is 10.6 Å². The minimum atomic E-state index is -0.239. The van der Waals surface area contributed by atoms with Gasteiger partial charge in [0.05, 0.1) is 17.8 Å². The number of aryl methyl sites for hydroxylation is 1. The topological polar surface area (TPSA) is 58.5 Å².